The summed E-state index contributed by atoms with van der Waals surface area (Å²) in [6.45, 7) is 0. The van der Waals surface area contributed by atoms with E-state index in [0.29, 0.717) is 40.0 Å². The van der Waals surface area contributed by atoms with Crippen molar-refractivity contribution in [2.24, 2.45) is 5.73 Å². The summed E-state index contributed by atoms with van der Waals surface area (Å²) in [6, 6.07) is 11.9. The first-order valence-electron chi connectivity index (χ1n) is 10.3. The zero-order valence-electron chi connectivity index (χ0n) is 17.3. The summed E-state index contributed by atoms with van der Waals surface area (Å²) >= 11 is 10.5. The maximum Gasteiger partial charge on any atom is 0.219 e. The average Bonchev–Trinajstić information content (AvgIpc) is 3.51. The number of hydrogen-bond donors (Lipinski definition) is 1. The SMILES string of the molecule is N#CC1=C(N)N(c2nnc(SCc3ccc(Cl)cc3)s2)C2=C(C(=O)CCC2)[C@H]1c1ccsc1. The van der Waals surface area contributed by atoms with Crippen molar-refractivity contribution in [3.63, 3.8) is 0 Å². The average molecular weight is 512 g/mol. The topological polar surface area (TPSA) is 95.9 Å². The first-order valence-corrected chi connectivity index (χ1v) is 13.4. The molecule has 10 heteroatoms. The smallest absolute Gasteiger partial charge is 0.219 e. The lowest BCUT2D eigenvalue weighted by atomic mass is 9.76. The van der Waals surface area contributed by atoms with Crippen molar-refractivity contribution in [2.45, 2.75) is 35.3 Å². The van der Waals surface area contributed by atoms with Crippen molar-refractivity contribution >= 4 is 57.0 Å². The van der Waals surface area contributed by atoms with Gasteiger partial charge >= 0.3 is 0 Å². The summed E-state index contributed by atoms with van der Waals surface area (Å²) in [5.41, 5.74) is 10.5. The maximum atomic E-state index is 13.1. The van der Waals surface area contributed by atoms with Crippen LogP contribution in [0.25, 0.3) is 0 Å². The maximum absolute atomic E-state index is 13.1. The molecule has 0 unspecified atom stereocenters. The van der Waals surface area contributed by atoms with Gasteiger partial charge in [0.25, 0.3) is 0 Å². The third kappa shape index (κ3) is 4.20. The number of thiophene rings is 1. The quantitative estimate of drug-likeness (QED) is 0.429. The summed E-state index contributed by atoms with van der Waals surface area (Å²) < 4.78 is 0.788. The van der Waals surface area contributed by atoms with Gasteiger partial charge in [0, 0.05) is 28.5 Å². The molecule has 2 aromatic heterocycles. The van der Waals surface area contributed by atoms with E-state index < -0.39 is 5.92 Å². The number of nitriles is 1. The van der Waals surface area contributed by atoms with Crippen LogP contribution in [-0.4, -0.2) is 16.0 Å². The molecule has 2 aliphatic rings. The number of rotatable bonds is 5. The molecule has 1 atom stereocenters. The van der Waals surface area contributed by atoms with Gasteiger partial charge in [-0.15, -0.1) is 10.2 Å². The molecule has 3 heterocycles. The van der Waals surface area contributed by atoms with E-state index >= 15 is 0 Å². The molecule has 1 aliphatic carbocycles. The Balaban J connectivity index is 1.50. The number of carbonyl (C=O) groups is 1. The molecular weight excluding hydrogens is 494 g/mol. The summed E-state index contributed by atoms with van der Waals surface area (Å²) in [4.78, 5) is 14.8. The van der Waals surface area contributed by atoms with E-state index in [2.05, 4.69) is 16.3 Å². The van der Waals surface area contributed by atoms with Gasteiger partial charge in [-0.3, -0.25) is 9.69 Å². The number of benzene rings is 1. The molecule has 1 aromatic carbocycles. The molecule has 0 radical (unpaired) electrons. The third-order valence-corrected chi connectivity index (χ3v) is 8.72. The Bertz CT molecular complexity index is 1300. The largest absolute Gasteiger partial charge is 0.384 e. The number of Topliss-reactive ketones (excluding diaryl/α,β-unsaturated/α-hetero) is 1. The van der Waals surface area contributed by atoms with Crippen LogP contribution in [0, 0.1) is 11.3 Å². The summed E-state index contributed by atoms with van der Waals surface area (Å²) in [5, 5.41) is 23.9. The number of anilines is 1. The molecule has 3 aromatic rings. The van der Waals surface area contributed by atoms with Gasteiger partial charge in [0.1, 0.15) is 5.82 Å². The minimum Gasteiger partial charge on any atom is -0.384 e. The first kappa shape index (κ1) is 22.2. The number of hydrogen-bond acceptors (Lipinski definition) is 9. The fourth-order valence-electron chi connectivity index (χ4n) is 4.15. The summed E-state index contributed by atoms with van der Waals surface area (Å²) in [6.07, 6.45) is 1.93. The Hall–Kier alpha value is -2.64. The zero-order chi connectivity index (χ0) is 22.9. The Morgan fingerprint density at radius 1 is 1.24 bits per heavy atom. The lowest BCUT2D eigenvalue weighted by Crippen LogP contribution is -2.38. The molecular formula is C23H18ClN5OS3. The Kier molecular flexibility index (Phi) is 6.25. The highest BCUT2D eigenvalue weighted by Gasteiger charge is 2.41. The molecule has 0 bridgehead atoms. The van der Waals surface area contributed by atoms with Crippen molar-refractivity contribution in [3.8, 4) is 6.07 Å². The molecule has 2 N–H and O–H groups in total. The zero-order valence-corrected chi connectivity index (χ0v) is 20.5. The summed E-state index contributed by atoms with van der Waals surface area (Å²) in [7, 11) is 0. The normalized spacial score (nSPS) is 18.5. The number of allylic oxidation sites excluding steroid dienone is 3. The lowest BCUT2D eigenvalue weighted by molar-refractivity contribution is -0.116. The van der Waals surface area contributed by atoms with E-state index in [-0.39, 0.29) is 5.78 Å². The van der Waals surface area contributed by atoms with E-state index in [1.165, 1.54) is 11.3 Å². The number of ketones is 1. The van der Waals surface area contributed by atoms with Crippen molar-refractivity contribution in [1.82, 2.24) is 10.2 Å². The molecule has 6 nitrogen and oxygen atoms in total. The van der Waals surface area contributed by atoms with Crippen LogP contribution in [0.5, 0.6) is 0 Å². The van der Waals surface area contributed by atoms with Gasteiger partial charge in [-0.2, -0.15) is 16.6 Å². The fraction of sp³-hybridized carbons (Fsp3) is 0.217. The minimum atomic E-state index is -0.424. The highest BCUT2D eigenvalue weighted by molar-refractivity contribution is 8.00. The van der Waals surface area contributed by atoms with Gasteiger partial charge in [-0.25, -0.2) is 0 Å². The van der Waals surface area contributed by atoms with Crippen LogP contribution in [0.3, 0.4) is 0 Å². The molecule has 33 heavy (non-hydrogen) atoms. The van der Waals surface area contributed by atoms with Crippen molar-refractivity contribution < 1.29 is 4.79 Å². The lowest BCUT2D eigenvalue weighted by Gasteiger charge is -2.37. The van der Waals surface area contributed by atoms with Gasteiger partial charge in [-0.1, -0.05) is 46.8 Å². The Labute approximate surface area is 208 Å². The standard InChI is InChI=1S/C23H18ClN5OS3/c24-15-6-4-13(5-7-15)11-32-23-28-27-22(33-23)29-17-2-1-3-18(30)20(17)19(14-8-9-31-12-14)16(10-25)21(29)26/h4-9,12,19H,1-3,11,26H2/t19-/m0/s1. The van der Waals surface area contributed by atoms with E-state index in [9.17, 15) is 10.1 Å². The highest BCUT2D eigenvalue weighted by Crippen LogP contribution is 2.47. The van der Waals surface area contributed by atoms with Crippen molar-refractivity contribution in [2.75, 3.05) is 4.90 Å². The summed E-state index contributed by atoms with van der Waals surface area (Å²) in [5.74, 6) is 0.701. The number of halogens is 1. The van der Waals surface area contributed by atoms with Crippen molar-refractivity contribution in [1.29, 1.82) is 5.26 Å². The van der Waals surface area contributed by atoms with Crippen LogP contribution in [-0.2, 0) is 10.5 Å². The number of nitrogens with zero attached hydrogens (tertiary/aromatic N) is 4. The second-order valence-corrected chi connectivity index (χ2v) is 11.0. The number of carbonyl (C=O) groups excluding carboxylic acids is 1. The molecule has 1 aliphatic heterocycles. The van der Waals surface area contributed by atoms with Gasteiger partial charge in [0.2, 0.25) is 5.13 Å². The molecule has 166 valence electrons. The van der Waals surface area contributed by atoms with Crippen LogP contribution in [0.1, 0.15) is 36.3 Å². The Morgan fingerprint density at radius 2 is 2.06 bits per heavy atom. The van der Waals surface area contributed by atoms with Crippen LogP contribution in [0.2, 0.25) is 5.02 Å². The predicted molar refractivity (Wildman–Crippen MR) is 133 cm³/mol. The number of aromatic nitrogens is 2. The van der Waals surface area contributed by atoms with Crippen LogP contribution < -0.4 is 10.6 Å². The molecule has 5 rings (SSSR count). The van der Waals surface area contributed by atoms with E-state index in [1.54, 1.807) is 28.0 Å². The van der Waals surface area contributed by atoms with Crippen LogP contribution >= 0.6 is 46.0 Å². The highest BCUT2D eigenvalue weighted by atomic mass is 35.5. The molecule has 0 saturated heterocycles. The van der Waals surface area contributed by atoms with Gasteiger partial charge in [0.15, 0.2) is 10.1 Å². The van der Waals surface area contributed by atoms with Crippen molar-refractivity contribution in [3.05, 3.63) is 79.9 Å². The van der Waals surface area contributed by atoms with Gasteiger partial charge in [-0.05, 0) is 52.9 Å². The van der Waals surface area contributed by atoms with Crippen LogP contribution in [0.4, 0.5) is 5.13 Å². The molecule has 0 fully saturated rings. The molecule has 0 amide bonds. The molecule has 0 saturated carbocycles. The van der Waals surface area contributed by atoms with E-state index in [4.69, 9.17) is 17.3 Å². The molecule has 0 spiro atoms. The number of nitrogens with two attached hydrogens (primary N) is 1. The third-order valence-electron chi connectivity index (χ3n) is 5.65. The van der Waals surface area contributed by atoms with Gasteiger partial charge < -0.3 is 5.73 Å². The Morgan fingerprint density at radius 3 is 2.79 bits per heavy atom. The fourth-order valence-corrected chi connectivity index (χ4v) is 6.80. The second kappa shape index (κ2) is 9.31. The number of thioether (sulfide) groups is 1. The van der Waals surface area contributed by atoms with E-state index in [1.807, 2.05) is 41.1 Å². The van der Waals surface area contributed by atoms with Crippen LogP contribution in [0.15, 0.2) is 68.1 Å². The second-order valence-electron chi connectivity index (χ2n) is 7.64. The van der Waals surface area contributed by atoms with Gasteiger partial charge in [0.05, 0.1) is 17.6 Å². The minimum absolute atomic E-state index is 0.0690. The first-order chi connectivity index (χ1) is 16.1. The predicted octanol–water partition coefficient (Wildman–Crippen LogP) is 5.85. The monoisotopic (exact) mass is 511 g/mol. The van der Waals surface area contributed by atoms with E-state index in [0.717, 1.165) is 33.3 Å².